The number of hydrogen-bond donors (Lipinski definition) is 2. The van der Waals surface area contributed by atoms with Crippen LogP contribution in [0.2, 0.25) is 0 Å². The van der Waals surface area contributed by atoms with Crippen LogP contribution >= 0.6 is 0 Å². The second-order valence-electron chi connectivity index (χ2n) is 5.21. The summed E-state index contributed by atoms with van der Waals surface area (Å²) in [7, 11) is 1.38. The molecular formula is C18H16N2O4. The van der Waals surface area contributed by atoms with E-state index in [2.05, 4.69) is 15.6 Å². The summed E-state index contributed by atoms with van der Waals surface area (Å²) in [5, 5.41) is 3.64. The first-order chi connectivity index (χ1) is 11.7. The van der Waals surface area contributed by atoms with E-state index < -0.39 is 0 Å². The van der Waals surface area contributed by atoms with Gasteiger partial charge in [0.1, 0.15) is 5.58 Å². The Bertz CT molecular complexity index is 835. The topological polar surface area (TPSA) is 80.6 Å². The lowest BCUT2D eigenvalue weighted by Gasteiger charge is -2.05. The lowest BCUT2D eigenvalue weighted by molar-refractivity contribution is -0.130. The molecule has 2 amide bonds. The molecule has 0 atom stereocenters. The van der Waals surface area contributed by atoms with Crippen molar-refractivity contribution in [2.24, 2.45) is 0 Å². The van der Waals surface area contributed by atoms with Crippen molar-refractivity contribution in [3.05, 3.63) is 65.9 Å². The van der Waals surface area contributed by atoms with E-state index in [1.807, 2.05) is 24.3 Å². The molecule has 0 bridgehead atoms. The van der Waals surface area contributed by atoms with Crippen LogP contribution < -0.4 is 10.8 Å². The summed E-state index contributed by atoms with van der Waals surface area (Å²) in [6.45, 7) is 0. The van der Waals surface area contributed by atoms with E-state index >= 15 is 0 Å². The molecule has 0 aliphatic heterocycles. The number of carbonyl (C=O) groups excluding carboxylic acids is 2. The molecule has 0 saturated heterocycles. The summed E-state index contributed by atoms with van der Waals surface area (Å²) in [6, 6.07) is 16.1. The van der Waals surface area contributed by atoms with Crippen molar-refractivity contribution in [3.8, 4) is 0 Å². The highest BCUT2D eigenvalue weighted by Gasteiger charge is 2.12. The predicted octanol–water partition coefficient (Wildman–Crippen LogP) is 2.91. The van der Waals surface area contributed by atoms with Gasteiger partial charge >= 0.3 is 0 Å². The molecule has 0 spiro atoms. The van der Waals surface area contributed by atoms with Crippen LogP contribution in [0.1, 0.15) is 16.1 Å². The van der Waals surface area contributed by atoms with Gasteiger partial charge < -0.3 is 9.73 Å². The van der Waals surface area contributed by atoms with E-state index in [1.165, 1.54) is 7.11 Å². The van der Waals surface area contributed by atoms with Crippen molar-refractivity contribution >= 4 is 28.5 Å². The predicted molar refractivity (Wildman–Crippen MR) is 89.5 cm³/mol. The van der Waals surface area contributed by atoms with Crippen molar-refractivity contribution in [1.29, 1.82) is 0 Å². The maximum absolute atomic E-state index is 12.2. The molecule has 3 rings (SSSR count). The van der Waals surface area contributed by atoms with Gasteiger partial charge in [-0.1, -0.05) is 30.3 Å². The molecule has 24 heavy (non-hydrogen) atoms. The maximum Gasteiger partial charge on any atom is 0.291 e. The lowest BCUT2D eigenvalue weighted by Crippen LogP contribution is -2.23. The Kier molecular flexibility index (Phi) is 4.58. The fourth-order valence-corrected chi connectivity index (χ4v) is 2.33. The molecule has 2 aromatic carbocycles. The minimum atomic E-state index is -0.323. The van der Waals surface area contributed by atoms with Gasteiger partial charge in [-0.3, -0.25) is 14.4 Å². The van der Waals surface area contributed by atoms with Gasteiger partial charge in [0.25, 0.3) is 5.91 Å². The number of carbonyl (C=O) groups is 2. The van der Waals surface area contributed by atoms with Gasteiger partial charge in [-0.2, -0.15) is 0 Å². The molecule has 2 N–H and O–H groups in total. The van der Waals surface area contributed by atoms with Gasteiger partial charge in [0.2, 0.25) is 5.91 Å². The van der Waals surface area contributed by atoms with Crippen molar-refractivity contribution in [3.63, 3.8) is 0 Å². The second kappa shape index (κ2) is 6.97. The molecular weight excluding hydrogens is 308 g/mol. The van der Waals surface area contributed by atoms with E-state index in [-0.39, 0.29) is 24.0 Å². The van der Waals surface area contributed by atoms with Crippen LogP contribution in [-0.2, 0) is 16.1 Å². The number of amides is 2. The Hall–Kier alpha value is -3.12. The van der Waals surface area contributed by atoms with Gasteiger partial charge in [-0.25, -0.2) is 5.48 Å². The number of nitrogens with one attached hydrogen (secondary N) is 2. The van der Waals surface area contributed by atoms with Crippen molar-refractivity contribution in [2.75, 3.05) is 12.4 Å². The molecule has 0 aliphatic rings. The Balaban J connectivity index is 1.67. The molecule has 1 heterocycles. The minimum Gasteiger partial charge on any atom is -0.451 e. The van der Waals surface area contributed by atoms with E-state index in [0.717, 1.165) is 10.9 Å². The summed E-state index contributed by atoms with van der Waals surface area (Å²) >= 11 is 0. The third-order valence-electron chi connectivity index (χ3n) is 3.44. The van der Waals surface area contributed by atoms with Crippen LogP contribution in [0.3, 0.4) is 0 Å². The van der Waals surface area contributed by atoms with Crippen molar-refractivity contribution in [2.45, 2.75) is 6.42 Å². The average molecular weight is 324 g/mol. The Labute approximate surface area is 138 Å². The highest BCUT2D eigenvalue weighted by Crippen LogP contribution is 2.20. The Morgan fingerprint density at radius 2 is 1.83 bits per heavy atom. The third kappa shape index (κ3) is 3.61. The Morgan fingerprint density at radius 3 is 2.54 bits per heavy atom. The first kappa shape index (κ1) is 15.8. The van der Waals surface area contributed by atoms with Gasteiger partial charge in [-0.15, -0.1) is 0 Å². The van der Waals surface area contributed by atoms with Crippen LogP contribution in [0, 0.1) is 0 Å². The van der Waals surface area contributed by atoms with E-state index in [4.69, 9.17) is 4.42 Å². The van der Waals surface area contributed by atoms with Crippen LogP contribution in [0.15, 0.2) is 59.0 Å². The normalized spacial score (nSPS) is 10.5. The molecule has 0 radical (unpaired) electrons. The van der Waals surface area contributed by atoms with E-state index in [1.54, 1.807) is 30.3 Å². The lowest BCUT2D eigenvalue weighted by atomic mass is 10.1. The van der Waals surface area contributed by atoms with Crippen LogP contribution in [0.4, 0.5) is 5.69 Å². The third-order valence-corrected chi connectivity index (χ3v) is 3.44. The van der Waals surface area contributed by atoms with Crippen molar-refractivity contribution in [1.82, 2.24) is 5.48 Å². The molecule has 6 heteroatoms. The van der Waals surface area contributed by atoms with Gasteiger partial charge in [0.15, 0.2) is 5.76 Å². The van der Waals surface area contributed by atoms with Gasteiger partial charge in [0, 0.05) is 11.1 Å². The maximum atomic E-state index is 12.2. The van der Waals surface area contributed by atoms with Gasteiger partial charge in [-0.05, 0) is 29.8 Å². The fraction of sp³-hybridized carbons (Fsp3) is 0.111. The number of hydrogen-bond acceptors (Lipinski definition) is 4. The molecule has 6 nitrogen and oxygen atoms in total. The molecule has 1 aromatic heterocycles. The van der Waals surface area contributed by atoms with Crippen LogP contribution in [0.25, 0.3) is 11.0 Å². The zero-order valence-corrected chi connectivity index (χ0v) is 13.0. The number of rotatable bonds is 5. The van der Waals surface area contributed by atoms with E-state index in [0.29, 0.717) is 11.3 Å². The highest BCUT2D eigenvalue weighted by molar-refractivity contribution is 6.04. The first-order valence-electron chi connectivity index (χ1n) is 7.36. The summed E-state index contributed by atoms with van der Waals surface area (Å²) in [6.07, 6.45) is 0.200. The average Bonchev–Trinajstić information content (AvgIpc) is 3.01. The standard InChI is InChI=1S/C18H16N2O4/c1-23-20-17(21)10-12-6-8-14(9-7-12)19-18(22)16-11-13-4-2-3-5-15(13)24-16/h2-9,11H,10H2,1H3,(H,19,22)(H,20,21). The molecule has 0 saturated carbocycles. The van der Waals surface area contributed by atoms with E-state index in [9.17, 15) is 9.59 Å². The summed E-state index contributed by atoms with van der Waals surface area (Å²) in [5.41, 5.74) is 4.36. The molecule has 0 aliphatic carbocycles. The summed E-state index contributed by atoms with van der Waals surface area (Å²) < 4.78 is 5.53. The number of anilines is 1. The van der Waals surface area contributed by atoms with Crippen molar-refractivity contribution < 1.29 is 18.8 Å². The molecule has 122 valence electrons. The second-order valence-corrected chi connectivity index (χ2v) is 5.21. The Morgan fingerprint density at radius 1 is 1.08 bits per heavy atom. The number of benzene rings is 2. The zero-order valence-electron chi connectivity index (χ0n) is 13.0. The summed E-state index contributed by atoms with van der Waals surface area (Å²) in [4.78, 5) is 28.2. The zero-order chi connectivity index (χ0) is 16.9. The fourth-order valence-electron chi connectivity index (χ4n) is 2.33. The largest absolute Gasteiger partial charge is 0.451 e. The summed E-state index contributed by atoms with van der Waals surface area (Å²) in [5.74, 6) is -0.313. The highest BCUT2D eigenvalue weighted by atomic mass is 16.6. The SMILES string of the molecule is CONC(=O)Cc1ccc(NC(=O)c2cc3ccccc3o2)cc1. The van der Waals surface area contributed by atoms with Crippen LogP contribution in [-0.4, -0.2) is 18.9 Å². The number of furan rings is 1. The van der Waals surface area contributed by atoms with Gasteiger partial charge in [0.05, 0.1) is 13.5 Å². The smallest absolute Gasteiger partial charge is 0.291 e. The molecule has 0 unspecified atom stereocenters. The minimum absolute atomic E-state index is 0.200. The molecule has 0 fully saturated rings. The molecule has 3 aromatic rings. The van der Waals surface area contributed by atoms with Crippen LogP contribution in [0.5, 0.6) is 0 Å². The quantitative estimate of drug-likeness (QED) is 0.707. The number of para-hydroxylation sites is 1. The monoisotopic (exact) mass is 324 g/mol. The number of hydroxylamine groups is 1. The number of fused-ring (bicyclic) bond motifs is 1. The first-order valence-corrected chi connectivity index (χ1v) is 7.36.